The van der Waals surface area contributed by atoms with E-state index < -0.39 is 0 Å². The number of carbonyl (C=O) groups is 1. The van der Waals surface area contributed by atoms with Crippen molar-refractivity contribution in [2.75, 3.05) is 72.4 Å². The van der Waals surface area contributed by atoms with Crippen LogP contribution in [0.15, 0.2) is 0 Å². The average Bonchev–Trinajstić information content (AvgIpc) is 2.56. The average molecular weight is 332 g/mol. The molecule has 0 aromatic rings. The number of piperazine rings is 1. The van der Waals surface area contributed by atoms with Crippen LogP contribution in [0, 0.1) is 0 Å². The molecule has 7 nitrogen and oxygen atoms in total. The van der Waals surface area contributed by atoms with Gasteiger partial charge in [-0.25, -0.2) is 4.79 Å². The second kappa shape index (κ2) is 12.5. The third kappa shape index (κ3) is 9.76. The Morgan fingerprint density at radius 2 is 1.48 bits per heavy atom. The summed E-state index contributed by atoms with van der Waals surface area (Å²) in [6.45, 7) is 13.3. The highest BCUT2D eigenvalue weighted by molar-refractivity contribution is 5.67. The summed E-state index contributed by atoms with van der Waals surface area (Å²) in [4.78, 5) is 15.9. The van der Waals surface area contributed by atoms with Crippen LogP contribution in [0.5, 0.6) is 0 Å². The molecule has 0 aromatic heterocycles. The van der Waals surface area contributed by atoms with Gasteiger partial charge in [-0.3, -0.25) is 0 Å². The smallest absolute Gasteiger partial charge is 0.409 e. The lowest BCUT2D eigenvalue weighted by molar-refractivity contribution is -0.00905. The molecule has 1 heterocycles. The second-order valence-corrected chi connectivity index (χ2v) is 5.68. The normalized spacial score (nSPS) is 16.1. The summed E-state index contributed by atoms with van der Waals surface area (Å²) >= 11 is 0. The first kappa shape index (κ1) is 20.2. The molecule has 0 spiro atoms. The lowest BCUT2D eigenvalue weighted by Gasteiger charge is -2.33. The van der Waals surface area contributed by atoms with Crippen LogP contribution in [0.4, 0.5) is 4.79 Å². The van der Waals surface area contributed by atoms with Crippen LogP contribution in [-0.4, -0.2) is 94.4 Å². The lowest BCUT2D eigenvalue weighted by atomic mass is 10.3. The number of nitrogens with zero attached hydrogens (tertiary/aromatic N) is 2. The van der Waals surface area contributed by atoms with E-state index in [4.69, 9.17) is 18.9 Å². The number of rotatable bonds is 11. The Balaban J connectivity index is 1.88. The van der Waals surface area contributed by atoms with Gasteiger partial charge in [-0.2, -0.15) is 0 Å². The summed E-state index contributed by atoms with van der Waals surface area (Å²) in [5.74, 6) is 0. The van der Waals surface area contributed by atoms with Gasteiger partial charge < -0.3 is 28.7 Å². The molecule has 1 saturated heterocycles. The van der Waals surface area contributed by atoms with Crippen LogP contribution < -0.4 is 0 Å². The quantitative estimate of drug-likeness (QED) is 0.530. The molecule has 1 aliphatic rings. The fourth-order valence-corrected chi connectivity index (χ4v) is 2.19. The van der Waals surface area contributed by atoms with Crippen molar-refractivity contribution in [2.24, 2.45) is 0 Å². The van der Waals surface area contributed by atoms with Gasteiger partial charge >= 0.3 is 6.09 Å². The molecule has 0 radical (unpaired) electrons. The van der Waals surface area contributed by atoms with Gasteiger partial charge in [0.05, 0.1) is 39.1 Å². The standard InChI is InChI=1S/C16H32N2O5/c1-4-17-5-7-18(8-6-17)16(19)23-14-12-21-10-9-20-11-13-22-15(2)3/h15H,4-14H2,1-3H3. The molecule has 0 aromatic carbocycles. The Bertz CT molecular complexity index is 307. The zero-order valence-corrected chi connectivity index (χ0v) is 14.8. The molecule has 0 aliphatic carbocycles. The maximum Gasteiger partial charge on any atom is 0.409 e. The molecule has 0 atom stereocenters. The number of carbonyl (C=O) groups excluding carboxylic acids is 1. The monoisotopic (exact) mass is 332 g/mol. The minimum Gasteiger partial charge on any atom is -0.447 e. The topological polar surface area (TPSA) is 60.5 Å². The number of amides is 1. The number of ether oxygens (including phenoxy) is 4. The lowest BCUT2D eigenvalue weighted by Crippen LogP contribution is -2.48. The van der Waals surface area contributed by atoms with E-state index in [1.54, 1.807) is 4.90 Å². The predicted octanol–water partition coefficient (Wildman–Crippen LogP) is 1.22. The largest absolute Gasteiger partial charge is 0.447 e. The molecule has 7 heteroatoms. The Morgan fingerprint density at radius 1 is 0.913 bits per heavy atom. The molecule has 0 bridgehead atoms. The highest BCUT2D eigenvalue weighted by Gasteiger charge is 2.20. The van der Waals surface area contributed by atoms with Crippen LogP contribution in [0.25, 0.3) is 0 Å². The highest BCUT2D eigenvalue weighted by Crippen LogP contribution is 2.03. The SMILES string of the molecule is CCN1CCN(C(=O)OCCOCCOCCOC(C)C)CC1. The summed E-state index contributed by atoms with van der Waals surface area (Å²) < 4.78 is 21.3. The van der Waals surface area contributed by atoms with Gasteiger partial charge in [0.25, 0.3) is 0 Å². The van der Waals surface area contributed by atoms with Gasteiger partial charge in [-0.05, 0) is 20.4 Å². The van der Waals surface area contributed by atoms with Crippen molar-refractivity contribution in [1.82, 2.24) is 9.80 Å². The Hall–Kier alpha value is -0.890. The third-order valence-electron chi connectivity index (χ3n) is 3.58. The van der Waals surface area contributed by atoms with E-state index >= 15 is 0 Å². The van der Waals surface area contributed by atoms with Crippen LogP contribution in [0.2, 0.25) is 0 Å². The van der Waals surface area contributed by atoms with Gasteiger partial charge in [0.15, 0.2) is 0 Å². The van der Waals surface area contributed by atoms with Crippen molar-refractivity contribution >= 4 is 6.09 Å². The Labute approximate surface area is 139 Å². The zero-order valence-electron chi connectivity index (χ0n) is 14.8. The summed E-state index contributed by atoms with van der Waals surface area (Å²) in [5.41, 5.74) is 0. The third-order valence-corrected chi connectivity index (χ3v) is 3.58. The first-order chi connectivity index (χ1) is 11.1. The molecule has 23 heavy (non-hydrogen) atoms. The molecule has 1 amide bonds. The summed E-state index contributed by atoms with van der Waals surface area (Å²) in [5, 5.41) is 0. The molecular weight excluding hydrogens is 300 g/mol. The van der Waals surface area contributed by atoms with E-state index in [0.29, 0.717) is 33.0 Å². The van der Waals surface area contributed by atoms with Crippen molar-refractivity contribution in [1.29, 1.82) is 0 Å². The van der Waals surface area contributed by atoms with Crippen LogP contribution >= 0.6 is 0 Å². The summed E-state index contributed by atoms with van der Waals surface area (Å²) in [6, 6.07) is 0. The Kier molecular flexibility index (Phi) is 11.0. The van der Waals surface area contributed by atoms with Crippen molar-refractivity contribution in [3.05, 3.63) is 0 Å². The van der Waals surface area contributed by atoms with Gasteiger partial charge in [0.2, 0.25) is 0 Å². The van der Waals surface area contributed by atoms with Crippen LogP contribution in [0.1, 0.15) is 20.8 Å². The van der Waals surface area contributed by atoms with Gasteiger partial charge in [-0.15, -0.1) is 0 Å². The fourth-order valence-electron chi connectivity index (χ4n) is 2.19. The first-order valence-electron chi connectivity index (χ1n) is 8.54. The number of hydrogen-bond acceptors (Lipinski definition) is 6. The van der Waals surface area contributed by atoms with E-state index in [2.05, 4.69) is 11.8 Å². The van der Waals surface area contributed by atoms with Crippen molar-refractivity contribution < 1.29 is 23.7 Å². The predicted molar refractivity (Wildman–Crippen MR) is 87.8 cm³/mol. The van der Waals surface area contributed by atoms with Gasteiger partial charge in [0.1, 0.15) is 6.61 Å². The zero-order chi connectivity index (χ0) is 16.9. The van der Waals surface area contributed by atoms with Gasteiger partial charge in [-0.1, -0.05) is 6.92 Å². The Morgan fingerprint density at radius 3 is 2.04 bits per heavy atom. The molecule has 0 saturated carbocycles. The van der Waals surface area contributed by atoms with E-state index in [9.17, 15) is 4.79 Å². The molecule has 0 N–H and O–H groups in total. The number of hydrogen-bond donors (Lipinski definition) is 0. The van der Waals surface area contributed by atoms with E-state index in [1.165, 1.54) is 0 Å². The van der Waals surface area contributed by atoms with E-state index in [-0.39, 0.29) is 18.8 Å². The summed E-state index contributed by atoms with van der Waals surface area (Å²) in [6.07, 6.45) is -0.0130. The molecule has 0 unspecified atom stereocenters. The summed E-state index contributed by atoms with van der Waals surface area (Å²) in [7, 11) is 0. The van der Waals surface area contributed by atoms with E-state index in [1.807, 2.05) is 13.8 Å². The molecule has 1 aliphatic heterocycles. The molecule has 136 valence electrons. The minimum absolute atomic E-state index is 0.231. The minimum atomic E-state index is -0.244. The maximum atomic E-state index is 11.8. The fraction of sp³-hybridized carbons (Fsp3) is 0.938. The van der Waals surface area contributed by atoms with Crippen molar-refractivity contribution in [3.63, 3.8) is 0 Å². The maximum absolute atomic E-state index is 11.8. The van der Waals surface area contributed by atoms with Crippen molar-refractivity contribution in [2.45, 2.75) is 26.9 Å². The van der Waals surface area contributed by atoms with Crippen LogP contribution in [0.3, 0.4) is 0 Å². The molecular formula is C16H32N2O5. The van der Waals surface area contributed by atoms with Crippen LogP contribution in [-0.2, 0) is 18.9 Å². The van der Waals surface area contributed by atoms with E-state index in [0.717, 1.165) is 32.7 Å². The van der Waals surface area contributed by atoms with Crippen molar-refractivity contribution in [3.8, 4) is 0 Å². The van der Waals surface area contributed by atoms with Gasteiger partial charge in [0, 0.05) is 26.2 Å². The highest BCUT2D eigenvalue weighted by atomic mass is 16.6. The molecule has 1 rings (SSSR count). The second-order valence-electron chi connectivity index (χ2n) is 5.68. The molecule has 1 fully saturated rings. The number of likely N-dealkylation sites (N-methyl/N-ethyl adjacent to an activating group) is 1. The first-order valence-corrected chi connectivity index (χ1v) is 8.54.